The molecule has 5 heteroatoms. The molecule has 2 aromatic rings. The maximum atomic E-state index is 12.8. The molecule has 2 fully saturated rings. The molecule has 0 bridgehead atoms. The SMILES string of the molecule is O=C(Nc1ccc2c(c1)C1(CC1)CN(C1CC1)C2=O)Oc1ccccc1. The number of amides is 2. The van der Waals surface area contributed by atoms with Gasteiger partial charge >= 0.3 is 6.09 Å². The van der Waals surface area contributed by atoms with Crippen LogP contribution in [0.25, 0.3) is 0 Å². The number of anilines is 1. The monoisotopic (exact) mass is 348 g/mol. The molecule has 0 radical (unpaired) electrons. The second-order valence-corrected chi connectivity index (χ2v) is 7.53. The Morgan fingerprint density at radius 3 is 2.58 bits per heavy atom. The molecule has 0 atom stereocenters. The van der Waals surface area contributed by atoms with E-state index in [4.69, 9.17) is 4.74 Å². The van der Waals surface area contributed by atoms with Crippen molar-refractivity contribution in [3.63, 3.8) is 0 Å². The van der Waals surface area contributed by atoms with E-state index in [1.54, 1.807) is 18.2 Å². The lowest BCUT2D eigenvalue weighted by atomic mass is 9.86. The molecule has 26 heavy (non-hydrogen) atoms. The van der Waals surface area contributed by atoms with Crippen molar-refractivity contribution < 1.29 is 14.3 Å². The molecule has 5 nitrogen and oxygen atoms in total. The van der Waals surface area contributed by atoms with Gasteiger partial charge in [-0.15, -0.1) is 0 Å². The first-order valence-corrected chi connectivity index (χ1v) is 9.14. The quantitative estimate of drug-likeness (QED) is 0.914. The number of rotatable bonds is 3. The maximum absolute atomic E-state index is 12.8. The summed E-state index contributed by atoms with van der Waals surface area (Å²) in [6, 6.07) is 15.0. The van der Waals surface area contributed by atoms with Crippen LogP contribution in [-0.4, -0.2) is 29.5 Å². The van der Waals surface area contributed by atoms with Crippen molar-refractivity contribution in [3.8, 4) is 5.75 Å². The van der Waals surface area contributed by atoms with E-state index in [1.807, 2.05) is 30.3 Å². The molecule has 0 unspecified atom stereocenters. The molecule has 5 rings (SSSR count). The number of hydrogen-bond donors (Lipinski definition) is 1. The second kappa shape index (κ2) is 5.59. The van der Waals surface area contributed by atoms with E-state index in [1.165, 1.54) is 0 Å². The van der Waals surface area contributed by atoms with E-state index in [0.29, 0.717) is 17.5 Å². The van der Waals surface area contributed by atoms with E-state index in [0.717, 1.165) is 43.4 Å². The summed E-state index contributed by atoms with van der Waals surface area (Å²) in [5, 5.41) is 2.78. The van der Waals surface area contributed by atoms with Crippen LogP contribution >= 0.6 is 0 Å². The Labute approximate surface area is 152 Å². The van der Waals surface area contributed by atoms with Crippen LogP contribution in [0.2, 0.25) is 0 Å². The largest absolute Gasteiger partial charge is 0.417 e. The molecule has 1 heterocycles. The summed E-state index contributed by atoms with van der Waals surface area (Å²) in [7, 11) is 0. The lowest BCUT2D eigenvalue weighted by Crippen LogP contribution is -2.44. The maximum Gasteiger partial charge on any atom is 0.417 e. The van der Waals surface area contributed by atoms with Crippen molar-refractivity contribution in [3.05, 3.63) is 59.7 Å². The minimum absolute atomic E-state index is 0.0901. The van der Waals surface area contributed by atoms with Crippen molar-refractivity contribution in [1.82, 2.24) is 4.90 Å². The van der Waals surface area contributed by atoms with Crippen molar-refractivity contribution in [2.45, 2.75) is 37.1 Å². The molecule has 1 N–H and O–H groups in total. The van der Waals surface area contributed by atoms with Crippen LogP contribution in [0, 0.1) is 0 Å². The molecular formula is C21H20N2O3. The van der Waals surface area contributed by atoms with E-state index in [9.17, 15) is 9.59 Å². The fraction of sp³-hybridized carbons (Fsp3) is 0.333. The van der Waals surface area contributed by atoms with Gasteiger partial charge in [0.1, 0.15) is 5.75 Å². The van der Waals surface area contributed by atoms with Gasteiger partial charge in [0.2, 0.25) is 0 Å². The van der Waals surface area contributed by atoms with Crippen LogP contribution in [0.15, 0.2) is 48.5 Å². The first-order chi connectivity index (χ1) is 12.6. The Morgan fingerprint density at radius 1 is 1.12 bits per heavy atom. The highest BCUT2D eigenvalue weighted by atomic mass is 16.6. The molecule has 2 aliphatic carbocycles. The average Bonchev–Trinajstić information content (AvgIpc) is 3.54. The van der Waals surface area contributed by atoms with Gasteiger partial charge < -0.3 is 9.64 Å². The Hall–Kier alpha value is -2.82. The van der Waals surface area contributed by atoms with E-state index >= 15 is 0 Å². The lowest BCUT2D eigenvalue weighted by molar-refractivity contribution is 0.0698. The molecule has 1 aliphatic heterocycles. The molecule has 3 aliphatic rings. The van der Waals surface area contributed by atoms with E-state index in [-0.39, 0.29) is 11.3 Å². The van der Waals surface area contributed by atoms with Gasteiger partial charge in [-0.1, -0.05) is 18.2 Å². The highest BCUT2D eigenvalue weighted by molar-refractivity contribution is 5.99. The predicted octanol–water partition coefficient (Wildman–Crippen LogP) is 3.95. The number of carbonyl (C=O) groups excluding carboxylic acids is 2. The number of nitrogens with zero attached hydrogens (tertiary/aromatic N) is 1. The number of ether oxygens (including phenoxy) is 1. The summed E-state index contributed by atoms with van der Waals surface area (Å²) in [5.74, 6) is 0.635. The van der Waals surface area contributed by atoms with Gasteiger partial charge in [0.05, 0.1) is 0 Å². The minimum Gasteiger partial charge on any atom is -0.410 e. The van der Waals surface area contributed by atoms with Gasteiger partial charge in [-0.3, -0.25) is 10.1 Å². The normalized spacial score (nSPS) is 19.8. The average molecular weight is 348 g/mol. The Kier molecular flexibility index (Phi) is 3.32. The van der Waals surface area contributed by atoms with E-state index in [2.05, 4.69) is 10.2 Å². The summed E-state index contributed by atoms with van der Waals surface area (Å²) in [5.41, 5.74) is 2.63. The van der Waals surface area contributed by atoms with Gasteiger partial charge in [0.25, 0.3) is 5.91 Å². The molecule has 2 aromatic carbocycles. The third-order valence-corrected chi connectivity index (χ3v) is 5.60. The zero-order valence-corrected chi connectivity index (χ0v) is 14.4. The Bertz CT molecular complexity index is 885. The first-order valence-electron chi connectivity index (χ1n) is 9.14. The number of para-hydroxylation sites is 1. The minimum atomic E-state index is -0.525. The van der Waals surface area contributed by atoms with Crippen molar-refractivity contribution in [1.29, 1.82) is 0 Å². The third-order valence-electron chi connectivity index (χ3n) is 5.60. The Balaban J connectivity index is 1.38. The number of benzene rings is 2. The lowest BCUT2D eigenvalue weighted by Gasteiger charge is -2.35. The van der Waals surface area contributed by atoms with Crippen molar-refractivity contribution >= 4 is 17.7 Å². The summed E-state index contributed by atoms with van der Waals surface area (Å²) in [4.78, 5) is 27.0. The number of carbonyl (C=O) groups is 2. The van der Waals surface area contributed by atoms with Crippen LogP contribution in [0.4, 0.5) is 10.5 Å². The predicted molar refractivity (Wildman–Crippen MR) is 97.5 cm³/mol. The summed E-state index contributed by atoms with van der Waals surface area (Å²) in [6.45, 7) is 0.821. The standard InChI is InChI=1S/C21H20N2O3/c24-19-17-9-6-14(22-20(25)26-16-4-2-1-3-5-16)12-18(17)21(10-11-21)13-23(19)15-7-8-15/h1-6,9,12,15H,7-8,10-11,13H2,(H,22,25). The summed E-state index contributed by atoms with van der Waals surface area (Å²) in [6.07, 6.45) is 3.94. The van der Waals surface area contributed by atoms with Gasteiger partial charge in [-0.25, -0.2) is 4.79 Å². The van der Waals surface area contributed by atoms with Crippen molar-refractivity contribution in [2.24, 2.45) is 0 Å². The Morgan fingerprint density at radius 2 is 1.88 bits per heavy atom. The first kappa shape index (κ1) is 15.4. The molecule has 0 saturated heterocycles. The molecule has 2 saturated carbocycles. The molecule has 132 valence electrons. The fourth-order valence-electron chi connectivity index (χ4n) is 3.88. The molecule has 0 aromatic heterocycles. The van der Waals surface area contributed by atoms with Gasteiger partial charge in [-0.2, -0.15) is 0 Å². The highest BCUT2D eigenvalue weighted by Gasteiger charge is 2.53. The zero-order valence-electron chi connectivity index (χ0n) is 14.4. The fourth-order valence-corrected chi connectivity index (χ4v) is 3.88. The zero-order chi connectivity index (χ0) is 17.7. The van der Waals surface area contributed by atoms with Gasteiger partial charge in [-0.05, 0) is 61.6 Å². The molecule has 1 spiro atoms. The second-order valence-electron chi connectivity index (χ2n) is 7.53. The molecular weight excluding hydrogens is 328 g/mol. The van der Waals surface area contributed by atoms with Crippen LogP contribution in [0.3, 0.4) is 0 Å². The van der Waals surface area contributed by atoms with Gasteiger partial charge in [0, 0.05) is 29.3 Å². The third kappa shape index (κ3) is 2.64. The van der Waals surface area contributed by atoms with Crippen LogP contribution in [-0.2, 0) is 5.41 Å². The number of hydrogen-bond acceptors (Lipinski definition) is 3. The summed E-state index contributed by atoms with van der Waals surface area (Å²) < 4.78 is 5.28. The van der Waals surface area contributed by atoms with Crippen LogP contribution < -0.4 is 10.1 Å². The van der Waals surface area contributed by atoms with Crippen molar-refractivity contribution in [2.75, 3.05) is 11.9 Å². The molecule has 2 amide bonds. The number of nitrogens with one attached hydrogen (secondary N) is 1. The summed E-state index contributed by atoms with van der Waals surface area (Å²) >= 11 is 0. The smallest absolute Gasteiger partial charge is 0.410 e. The van der Waals surface area contributed by atoms with Gasteiger partial charge in [0.15, 0.2) is 0 Å². The highest BCUT2D eigenvalue weighted by Crippen LogP contribution is 2.54. The van der Waals surface area contributed by atoms with Crippen LogP contribution in [0.1, 0.15) is 41.6 Å². The van der Waals surface area contributed by atoms with Crippen LogP contribution in [0.5, 0.6) is 5.75 Å². The number of fused-ring (bicyclic) bond motifs is 2. The topological polar surface area (TPSA) is 58.6 Å². The van der Waals surface area contributed by atoms with E-state index < -0.39 is 6.09 Å².